The lowest BCUT2D eigenvalue weighted by Gasteiger charge is -2.22. The van der Waals surface area contributed by atoms with Gasteiger partial charge in [-0.15, -0.1) is 0 Å². The first-order valence-electron chi connectivity index (χ1n) is 8.39. The number of rotatable bonds is 8. The Labute approximate surface area is 154 Å². The average molecular weight is 380 g/mol. The van der Waals surface area contributed by atoms with Gasteiger partial charge in [-0.3, -0.25) is 0 Å². The van der Waals surface area contributed by atoms with Gasteiger partial charge in [0.15, 0.2) is 0 Å². The molecule has 26 heavy (non-hydrogen) atoms. The molecule has 2 rings (SSSR count). The van der Waals surface area contributed by atoms with Gasteiger partial charge in [0.25, 0.3) is 0 Å². The number of hydrogen-bond donors (Lipinski definition) is 1. The van der Waals surface area contributed by atoms with Crippen LogP contribution in [0.4, 0.5) is 4.79 Å². The molecule has 0 saturated carbocycles. The van der Waals surface area contributed by atoms with Crippen LogP contribution in [0.5, 0.6) is 5.75 Å². The Hall–Kier alpha value is -2.48. The molecule has 0 spiro atoms. The third-order valence-electron chi connectivity index (χ3n) is 3.63. The molecule has 8 heteroatoms. The molecule has 1 aromatic heterocycles. The highest BCUT2D eigenvalue weighted by atomic mass is 32.2. The summed E-state index contributed by atoms with van der Waals surface area (Å²) in [5.74, 6) is 0.928. The van der Waals surface area contributed by atoms with Gasteiger partial charge in [-0.25, -0.2) is 4.79 Å². The monoisotopic (exact) mass is 380 g/mol. The molecular weight excluding hydrogens is 356 g/mol. The van der Waals surface area contributed by atoms with Crippen LogP contribution in [0.25, 0.3) is 0 Å². The molecule has 142 valence electrons. The van der Waals surface area contributed by atoms with Crippen molar-refractivity contribution in [2.75, 3.05) is 6.54 Å². The lowest BCUT2D eigenvalue weighted by molar-refractivity contribution is 0.188. The number of hydrogen-bond acceptors (Lipinski definition) is 5. The van der Waals surface area contributed by atoms with E-state index >= 15 is 0 Å². The lowest BCUT2D eigenvalue weighted by atomic mass is 10.2. The van der Waals surface area contributed by atoms with Crippen LogP contribution in [-0.2, 0) is 23.2 Å². The second-order valence-corrected chi connectivity index (χ2v) is 8.13. The third kappa shape index (κ3) is 5.52. The van der Waals surface area contributed by atoms with Crippen LogP contribution < -0.4 is 9.50 Å². The second-order valence-electron chi connectivity index (χ2n) is 6.04. The zero-order valence-electron chi connectivity index (χ0n) is 15.1. The topological polar surface area (TPSA) is 88.9 Å². The SMILES string of the molecule is CCNC(=O)N(Cc1ccc(OS(=O)(=O)C(C)C)cc1)Cc1ccco1. The zero-order chi connectivity index (χ0) is 19.2. The number of benzene rings is 1. The normalized spacial score (nSPS) is 11.4. The molecule has 1 aromatic carbocycles. The molecule has 1 N–H and O–H groups in total. The van der Waals surface area contributed by atoms with E-state index in [2.05, 4.69) is 5.32 Å². The van der Waals surface area contributed by atoms with E-state index in [9.17, 15) is 13.2 Å². The Morgan fingerprint density at radius 1 is 1.19 bits per heavy atom. The molecule has 0 aliphatic carbocycles. The summed E-state index contributed by atoms with van der Waals surface area (Å²) in [6.45, 7) is 6.17. The highest BCUT2D eigenvalue weighted by molar-refractivity contribution is 7.87. The van der Waals surface area contributed by atoms with Gasteiger partial charge in [-0.05, 0) is 50.6 Å². The summed E-state index contributed by atoms with van der Waals surface area (Å²) >= 11 is 0. The van der Waals surface area contributed by atoms with Crippen LogP contribution in [-0.4, -0.2) is 31.1 Å². The lowest BCUT2D eigenvalue weighted by Crippen LogP contribution is -2.38. The van der Waals surface area contributed by atoms with Crippen molar-refractivity contribution in [2.24, 2.45) is 0 Å². The Bertz CT molecular complexity index is 799. The fourth-order valence-corrected chi connectivity index (χ4v) is 2.73. The van der Waals surface area contributed by atoms with Crippen molar-refractivity contribution in [2.45, 2.75) is 39.1 Å². The van der Waals surface area contributed by atoms with Gasteiger partial charge in [-0.2, -0.15) is 8.42 Å². The van der Waals surface area contributed by atoms with Crippen molar-refractivity contribution in [3.63, 3.8) is 0 Å². The van der Waals surface area contributed by atoms with Crippen molar-refractivity contribution < 1.29 is 21.8 Å². The van der Waals surface area contributed by atoms with Gasteiger partial charge in [0, 0.05) is 13.1 Å². The van der Waals surface area contributed by atoms with Crippen LogP contribution in [0.15, 0.2) is 47.1 Å². The number of carbonyl (C=O) groups is 1. The molecule has 0 aliphatic heterocycles. The molecule has 0 fully saturated rings. The summed E-state index contributed by atoms with van der Waals surface area (Å²) in [4.78, 5) is 13.9. The minimum atomic E-state index is -3.63. The first-order chi connectivity index (χ1) is 12.3. The summed E-state index contributed by atoms with van der Waals surface area (Å²) in [5.41, 5.74) is 0.845. The maximum Gasteiger partial charge on any atom is 0.318 e. The van der Waals surface area contributed by atoms with E-state index in [0.29, 0.717) is 25.4 Å². The van der Waals surface area contributed by atoms with E-state index in [1.165, 1.54) is 0 Å². The van der Waals surface area contributed by atoms with Crippen molar-refractivity contribution in [3.05, 3.63) is 54.0 Å². The second kappa shape index (κ2) is 8.75. The molecule has 0 bridgehead atoms. The van der Waals surface area contributed by atoms with Crippen molar-refractivity contribution in [1.82, 2.24) is 10.2 Å². The molecule has 0 saturated heterocycles. The maximum absolute atomic E-state index is 12.3. The van der Waals surface area contributed by atoms with Crippen LogP contribution in [0.3, 0.4) is 0 Å². The number of carbonyl (C=O) groups excluding carboxylic acids is 1. The summed E-state index contributed by atoms with van der Waals surface area (Å²) in [6, 6.07) is 10.0. The largest absolute Gasteiger partial charge is 0.467 e. The fourth-order valence-electron chi connectivity index (χ4n) is 2.15. The van der Waals surface area contributed by atoms with Gasteiger partial charge in [0.1, 0.15) is 11.5 Å². The van der Waals surface area contributed by atoms with Gasteiger partial charge < -0.3 is 18.8 Å². The predicted molar refractivity (Wildman–Crippen MR) is 98.2 cm³/mol. The first kappa shape index (κ1) is 19.8. The van der Waals surface area contributed by atoms with Crippen LogP contribution in [0, 0.1) is 0 Å². The quantitative estimate of drug-likeness (QED) is 0.711. The zero-order valence-corrected chi connectivity index (χ0v) is 16.0. The molecule has 0 aliphatic rings. The molecule has 2 amide bonds. The fraction of sp³-hybridized carbons (Fsp3) is 0.389. The predicted octanol–water partition coefficient (Wildman–Crippen LogP) is 3.13. The molecule has 0 unspecified atom stereocenters. The Kier molecular flexibility index (Phi) is 6.68. The molecule has 2 aromatic rings. The van der Waals surface area contributed by atoms with E-state index in [1.54, 1.807) is 61.4 Å². The first-order valence-corrected chi connectivity index (χ1v) is 9.86. The van der Waals surface area contributed by atoms with E-state index in [1.807, 2.05) is 6.92 Å². The van der Waals surface area contributed by atoms with Gasteiger partial charge in [0.05, 0.1) is 18.1 Å². The highest BCUT2D eigenvalue weighted by Gasteiger charge is 2.19. The Morgan fingerprint density at radius 3 is 2.42 bits per heavy atom. The van der Waals surface area contributed by atoms with Gasteiger partial charge in [0.2, 0.25) is 0 Å². The van der Waals surface area contributed by atoms with E-state index in [4.69, 9.17) is 8.60 Å². The third-order valence-corrected chi connectivity index (χ3v) is 5.21. The number of nitrogens with zero attached hydrogens (tertiary/aromatic N) is 1. The molecule has 7 nitrogen and oxygen atoms in total. The summed E-state index contributed by atoms with van der Waals surface area (Å²) in [7, 11) is -3.63. The van der Waals surface area contributed by atoms with Crippen LogP contribution in [0.2, 0.25) is 0 Å². The maximum atomic E-state index is 12.3. The number of urea groups is 1. The van der Waals surface area contributed by atoms with Gasteiger partial charge in [-0.1, -0.05) is 12.1 Å². The van der Waals surface area contributed by atoms with E-state index in [0.717, 1.165) is 5.56 Å². The number of furan rings is 1. The Balaban J connectivity index is 2.09. The van der Waals surface area contributed by atoms with E-state index < -0.39 is 15.4 Å². The standard InChI is InChI=1S/C18H24N2O5S/c1-4-19-18(21)20(13-17-6-5-11-24-17)12-15-7-9-16(10-8-15)25-26(22,23)14(2)3/h5-11,14H,4,12-13H2,1-3H3,(H,19,21). The minimum Gasteiger partial charge on any atom is -0.467 e. The van der Waals surface area contributed by atoms with Crippen molar-refractivity contribution >= 4 is 16.1 Å². The number of amides is 2. The summed E-state index contributed by atoms with van der Waals surface area (Å²) in [6.07, 6.45) is 1.56. The van der Waals surface area contributed by atoms with Crippen molar-refractivity contribution in [3.8, 4) is 5.75 Å². The summed E-state index contributed by atoms with van der Waals surface area (Å²) < 4.78 is 34.0. The average Bonchev–Trinajstić information content (AvgIpc) is 3.09. The minimum absolute atomic E-state index is 0.202. The van der Waals surface area contributed by atoms with Crippen LogP contribution >= 0.6 is 0 Å². The number of nitrogens with one attached hydrogen (secondary N) is 1. The smallest absolute Gasteiger partial charge is 0.318 e. The molecule has 0 atom stereocenters. The Morgan fingerprint density at radius 2 is 1.88 bits per heavy atom. The van der Waals surface area contributed by atoms with Gasteiger partial charge >= 0.3 is 16.1 Å². The molecule has 1 heterocycles. The molecule has 0 radical (unpaired) electrons. The van der Waals surface area contributed by atoms with Crippen molar-refractivity contribution in [1.29, 1.82) is 0 Å². The highest BCUT2D eigenvalue weighted by Crippen LogP contribution is 2.18. The molecular formula is C18H24N2O5S. The van der Waals surface area contributed by atoms with Crippen LogP contribution in [0.1, 0.15) is 32.1 Å². The summed E-state index contributed by atoms with van der Waals surface area (Å²) in [5, 5.41) is 2.15. The van der Waals surface area contributed by atoms with E-state index in [-0.39, 0.29) is 11.8 Å².